The number of anilines is 1. The maximum Gasteiger partial charge on any atom is 0.243 e. The topological polar surface area (TPSA) is 145 Å². The van der Waals surface area contributed by atoms with E-state index in [2.05, 4.69) is 17.4 Å². The lowest BCUT2D eigenvalue weighted by molar-refractivity contribution is -0.128. The minimum absolute atomic E-state index is 0.0291. The molecular formula is C32H42N4O5. The zero-order valence-electron chi connectivity index (χ0n) is 24.1. The van der Waals surface area contributed by atoms with Crippen molar-refractivity contribution in [3.63, 3.8) is 0 Å². The van der Waals surface area contributed by atoms with Crippen molar-refractivity contribution in [2.75, 3.05) is 4.90 Å². The maximum atomic E-state index is 13.6. The number of nitrogens with one attached hydrogen (secondary N) is 1. The Labute approximate surface area is 242 Å². The number of nitrogens with zero attached hydrogens (tertiary/aromatic N) is 1. The lowest BCUT2D eigenvalue weighted by atomic mass is 10.0. The number of nitrogens with two attached hydrogens (primary N) is 2. The first kappa shape index (κ1) is 30.2. The van der Waals surface area contributed by atoms with Crippen LogP contribution >= 0.6 is 0 Å². The van der Waals surface area contributed by atoms with Crippen molar-refractivity contribution in [2.45, 2.75) is 103 Å². The third-order valence-corrected chi connectivity index (χ3v) is 8.22. The second-order valence-electron chi connectivity index (χ2n) is 11.3. The van der Waals surface area contributed by atoms with Crippen LogP contribution in [-0.4, -0.2) is 41.8 Å². The van der Waals surface area contributed by atoms with E-state index >= 15 is 0 Å². The molecule has 0 fully saturated rings. The molecule has 41 heavy (non-hydrogen) atoms. The first-order chi connectivity index (χ1) is 19.6. The number of carbonyl (C=O) groups is 4. The van der Waals surface area contributed by atoms with Crippen LogP contribution in [0.3, 0.4) is 0 Å². The van der Waals surface area contributed by atoms with E-state index in [0.29, 0.717) is 32.3 Å². The van der Waals surface area contributed by atoms with Crippen LogP contribution in [0.15, 0.2) is 36.4 Å². The average molecular weight is 563 g/mol. The van der Waals surface area contributed by atoms with Crippen LogP contribution in [0.25, 0.3) is 0 Å². The Morgan fingerprint density at radius 3 is 2.54 bits per heavy atom. The smallest absolute Gasteiger partial charge is 0.243 e. The Bertz CT molecular complexity index is 1290. The summed E-state index contributed by atoms with van der Waals surface area (Å²) in [7, 11) is 0. The van der Waals surface area contributed by atoms with Gasteiger partial charge < -0.3 is 21.5 Å². The molecule has 4 rings (SSSR count). The highest BCUT2D eigenvalue weighted by Crippen LogP contribution is 2.39. The number of hydrogen-bond donors (Lipinski definition) is 3. The number of rotatable bonds is 14. The lowest BCUT2D eigenvalue weighted by Gasteiger charge is -2.30. The maximum absolute atomic E-state index is 13.6. The molecule has 220 valence electrons. The Morgan fingerprint density at radius 1 is 1.05 bits per heavy atom. The van der Waals surface area contributed by atoms with Crippen LogP contribution in [0.2, 0.25) is 0 Å². The summed E-state index contributed by atoms with van der Waals surface area (Å²) in [5.74, 6) is -0.992. The van der Waals surface area contributed by atoms with Gasteiger partial charge in [0.15, 0.2) is 0 Å². The molecule has 2 aromatic carbocycles. The third-order valence-electron chi connectivity index (χ3n) is 8.22. The highest BCUT2D eigenvalue weighted by Gasteiger charge is 2.41. The van der Waals surface area contributed by atoms with E-state index in [0.717, 1.165) is 60.0 Å². The van der Waals surface area contributed by atoms with Crippen molar-refractivity contribution in [3.8, 4) is 0 Å². The van der Waals surface area contributed by atoms with Gasteiger partial charge >= 0.3 is 0 Å². The van der Waals surface area contributed by atoms with E-state index < -0.39 is 24.1 Å². The number of benzene rings is 2. The van der Waals surface area contributed by atoms with Crippen LogP contribution in [-0.2, 0) is 49.8 Å². The van der Waals surface area contributed by atoms with Gasteiger partial charge in [-0.3, -0.25) is 24.1 Å². The van der Waals surface area contributed by atoms with E-state index in [1.54, 1.807) is 4.90 Å². The molecule has 5 N–H and O–H groups in total. The predicted octanol–water partition coefficient (Wildman–Crippen LogP) is 3.14. The summed E-state index contributed by atoms with van der Waals surface area (Å²) in [6, 6.07) is 11.2. The van der Waals surface area contributed by atoms with Crippen LogP contribution in [0.4, 0.5) is 5.69 Å². The summed E-state index contributed by atoms with van der Waals surface area (Å²) in [5, 5.41) is 3.10. The molecule has 9 nitrogen and oxygen atoms in total. The third kappa shape index (κ3) is 7.73. The van der Waals surface area contributed by atoms with E-state index in [1.165, 1.54) is 5.56 Å². The quantitative estimate of drug-likeness (QED) is 0.303. The predicted molar refractivity (Wildman–Crippen MR) is 157 cm³/mol. The molecule has 9 heteroatoms. The molecule has 0 aliphatic carbocycles. The number of para-hydroxylation sites is 1. The summed E-state index contributed by atoms with van der Waals surface area (Å²) in [4.78, 5) is 50.9. The molecule has 0 saturated heterocycles. The van der Waals surface area contributed by atoms with E-state index in [-0.39, 0.29) is 24.1 Å². The molecule has 2 aliphatic heterocycles. The second kappa shape index (κ2) is 13.8. The van der Waals surface area contributed by atoms with Crippen molar-refractivity contribution in [1.29, 1.82) is 0 Å². The van der Waals surface area contributed by atoms with Crippen molar-refractivity contribution in [2.24, 2.45) is 11.5 Å². The van der Waals surface area contributed by atoms with Crippen molar-refractivity contribution in [1.82, 2.24) is 5.32 Å². The van der Waals surface area contributed by atoms with Gasteiger partial charge in [0.25, 0.3) is 0 Å². The summed E-state index contributed by atoms with van der Waals surface area (Å²) in [6.07, 6.45) is 5.46. The van der Waals surface area contributed by atoms with Gasteiger partial charge in [-0.1, -0.05) is 36.4 Å². The molecule has 0 bridgehead atoms. The van der Waals surface area contributed by atoms with Crippen molar-refractivity contribution >= 4 is 29.3 Å². The largest absolute Gasteiger partial charge is 0.372 e. The zero-order valence-corrected chi connectivity index (χ0v) is 24.1. The number of primary amides is 2. The van der Waals surface area contributed by atoms with Crippen LogP contribution < -0.4 is 21.7 Å². The SMILES string of the molecule is Cc1cc(CCCCC(N)=O)ccc1CO[C@H](C)[C@H](CCC(N)=O)NC(=O)[C@@H]1Cc2cccc3c2N1C(=O)CCC3. The van der Waals surface area contributed by atoms with Gasteiger partial charge in [-0.05, 0) is 80.2 Å². The Morgan fingerprint density at radius 2 is 1.80 bits per heavy atom. The highest BCUT2D eigenvalue weighted by molar-refractivity contribution is 6.04. The molecule has 0 saturated carbocycles. The van der Waals surface area contributed by atoms with Crippen molar-refractivity contribution < 1.29 is 23.9 Å². The Hall–Kier alpha value is -3.72. The van der Waals surface area contributed by atoms with Gasteiger partial charge in [0.2, 0.25) is 23.6 Å². The molecule has 2 aliphatic rings. The second-order valence-corrected chi connectivity index (χ2v) is 11.3. The molecule has 0 unspecified atom stereocenters. The average Bonchev–Trinajstić information content (AvgIpc) is 3.24. The zero-order chi connectivity index (χ0) is 29.5. The fourth-order valence-electron chi connectivity index (χ4n) is 5.88. The van der Waals surface area contributed by atoms with E-state index in [9.17, 15) is 19.2 Å². The summed E-state index contributed by atoms with van der Waals surface area (Å²) in [6.45, 7) is 4.26. The normalized spacial score (nSPS) is 17.5. The fourth-order valence-corrected chi connectivity index (χ4v) is 5.88. The van der Waals surface area contributed by atoms with Crippen LogP contribution in [0, 0.1) is 6.92 Å². The van der Waals surface area contributed by atoms with Gasteiger partial charge in [0.05, 0.1) is 24.4 Å². The first-order valence-corrected chi connectivity index (χ1v) is 14.6. The van der Waals surface area contributed by atoms with E-state index in [4.69, 9.17) is 16.2 Å². The van der Waals surface area contributed by atoms with Crippen LogP contribution in [0.5, 0.6) is 0 Å². The first-order valence-electron chi connectivity index (χ1n) is 14.6. The Balaban J connectivity index is 1.40. The molecular weight excluding hydrogens is 520 g/mol. The van der Waals surface area contributed by atoms with Gasteiger partial charge in [0.1, 0.15) is 6.04 Å². The van der Waals surface area contributed by atoms with Gasteiger partial charge in [-0.25, -0.2) is 0 Å². The molecule has 4 amide bonds. The number of unbranched alkanes of at least 4 members (excludes halogenated alkanes) is 1. The molecule has 2 heterocycles. The number of amides is 4. The van der Waals surface area contributed by atoms with Gasteiger partial charge in [-0.2, -0.15) is 0 Å². The minimum atomic E-state index is -0.627. The van der Waals surface area contributed by atoms with Crippen LogP contribution in [0.1, 0.15) is 79.7 Å². The van der Waals surface area contributed by atoms with Crippen molar-refractivity contribution in [3.05, 3.63) is 64.2 Å². The molecule has 0 radical (unpaired) electrons. The molecule has 0 aromatic heterocycles. The summed E-state index contributed by atoms with van der Waals surface area (Å²) in [5.41, 5.74) is 17.0. The van der Waals surface area contributed by atoms with Gasteiger partial charge in [0, 0.05) is 25.7 Å². The molecule has 0 spiro atoms. The number of aryl methyl sites for hydroxylation is 3. The molecule has 3 atom stereocenters. The Kier molecular flexibility index (Phi) is 10.2. The number of hydrogen-bond acceptors (Lipinski definition) is 5. The monoisotopic (exact) mass is 562 g/mol. The lowest BCUT2D eigenvalue weighted by Crippen LogP contribution is -2.53. The summed E-state index contributed by atoms with van der Waals surface area (Å²) >= 11 is 0. The minimum Gasteiger partial charge on any atom is -0.372 e. The molecule has 2 aromatic rings. The van der Waals surface area contributed by atoms with E-state index in [1.807, 2.05) is 38.1 Å². The standard InChI is InChI=1S/C32H42N4O5/c1-20-17-22(7-3-4-11-28(33)37)13-14-25(20)19-41-21(2)26(15-16-29(34)38)35-32(40)27-18-24-10-5-8-23-9-6-12-30(39)36(27)31(23)24/h5,8,10,13-14,17,21,26-27H,3-4,6-7,9,11-12,15-16,18-19H2,1-2H3,(H2,33,37)(H2,34,38)(H,35,40)/t21-,26+,27+/m1/s1. The highest BCUT2D eigenvalue weighted by atomic mass is 16.5. The fraction of sp³-hybridized carbons (Fsp3) is 0.500. The number of carbonyl (C=O) groups excluding carboxylic acids is 4. The summed E-state index contributed by atoms with van der Waals surface area (Å²) < 4.78 is 6.22. The van der Waals surface area contributed by atoms with Gasteiger partial charge in [-0.15, -0.1) is 0 Å². The number of ether oxygens (including phenoxy) is 1.